The van der Waals surface area contributed by atoms with Gasteiger partial charge in [0.05, 0.1) is 0 Å². The van der Waals surface area contributed by atoms with Crippen LogP contribution >= 0.6 is 0 Å². The first-order chi connectivity index (χ1) is 9.76. The third-order valence-electron chi connectivity index (χ3n) is 3.19. The number of benzene rings is 1. The highest BCUT2D eigenvalue weighted by molar-refractivity contribution is 5.64. The number of nitrogens with zero attached hydrogens (tertiary/aromatic N) is 1. The highest BCUT2D eigenvalue weighted by atomic mass is 14.7. The van der Waals surface area contributed by atoms with Crippen molar-refractivity contribution in [3.05, 3.63) is 47.2 Å². The van der Waals surface area contributed by atoms with Gasteiger partial charge < -0.3 is 0 Å². The van der Waals surface area contributed by atoms with E-state index in [1.54, 1.807) is 0 Å². The van der Waals surface area contributed by atoms with Gasteiger partial charge in [0.25, 0.3) is 0 Å². The molecule has 0 unspecified atom stereocenters. The van der Waals surface area contributed by atoms with Crippen molar-refractivity contribution in [1.29, 1.82) is 0 Å². The summed E-state index contributed by atoms with van der Waals surface area (Å²) < 4.78 is 0. The molecule has 0 spiro atoms. The van der Waals surface area contributed by atoms with E-state index in [-0.39, 0.29) is 7.43 Å². The van der Waals surface area contributed by atoms with Crippen LogP contribution < -0.4 is 0 Å². The third-order valence-corrected chi connectivity index (χ3v) is 3.19. The van der Waals surface area contributed by atoms with E-state index >= 15 is 0 Å². The molecule has 0 N–H and O–H groups in total. The van der Waals surface area contributed by atoms with Crippen molar-refractivity contribution in [2.75, 3.05) is 0 Å². The summed E-state index contributed by atoms with van der Waals surface area (Å²) in [5, 5.41) is 0. The molecule has 0 radical (unpaired) electrons. The predicted molar refractivity (Wildman–Crippen MR) is 102 cm³/mol. The van der Waals surface area contributed by atoms with E-state index in [1.807, 2.05) is 6.21 Å². The van der Waals surface area contributed by atoms with E-state index in [1.165, 1.54) is 23.2 Å². The zero-order chi connectivity index (χ0) is 15.9. The average Bonchev–Trinajstić information content (AvgIpc) is 2.83. The van der Waals surface area contributed by atoms with E-state index < -0.39 is 0 Å². The van der Waals surface area contributed by atoms with Crippen molar-refractivity contribution in [1.82, 2.24) is 0 Å². The molecule has 1 aromatic carbocycles. The van der Waals surface area contributed by atoms with E-state index in [4.69, 9.17) is 0 Å². The van der Waals surface area contributed by atoms with Gasteiger partial charge in [-0.2, -0.15) is 0 Å². The summed E-state index contributed by atoms with van der Waals surface area (Å²) in [7, 11) is 0. The lowest BCUT2D eigenvalue weighted by Gasteiger charge is -2.16. The van der Waals surface area contributed by atoms with Crippen LogP contribution in [0.2, 0.25) is 0 Å². The summed E-state index contributed by atoms with van der Waals surface area (Å²) in [6, 6.07) is 8.79. The van der Waals surface area contributed by atoms with Crippen molar-refractivity contribution in [3.63, 3.8) is 0 Å². The highest BCUT2D eigenvalue weighted by Crippen LogP contribution is 2.26. The van der Waals surface area contributed by atoms with Gasteiger partial charge in [0, 0.05) is 18.3 Å². The number of aryl methyl sites for hydroxylation is 1. The Morgan fingerprint density at radius 3 is 2.09 bits per heavy atom. The summed E-state index contributed by atoms with van der Waals surface area (Å²) >= 11 is 0. The maximum absolute atomic E-state index is 4.26. The predicted octanol–water partition coefficient (Wildman–Crippen LogP) is 6.61. The first kappa shape index (κ1) is 20.6. The Balaban J connectivity index is 0.000000385. The molecule has 2 rings (SSSR count). The molecule has 0 bridgehead atoms. The van der Waals surface area contributed by atoms with Crippen LogP contribution in [0.4, 0.5) is 0 Å². The first-order valence-electron chi connectivity index (χ1n) is 8.03. The molecule has 0 saturated carbocycles. The molecular weight excluding hydrogens is 266 g/mol. The number of hydrogen-bond acceptors (Lipinski definition) is 1. The number of hydrogen-bond donors (Lipinski definition) is 0. The number of rotatable bonds is 3. The Bertz CT molecular complexity index is 470. The normalized spacial score (nSPS) is 13.3. The molecule has 1 heteroatoms. The van der Waals surface area contributed by atoms with Crippen LogP contribution in [0.1, 0.15) is 66.0 Å². The van der Waals surface area contributed by atoms with Crippen LogP contribution in [0.3, 0.4) is 0 Å². The lowest BCUT2D eigenvalue weighted by atomic mass is 9.91. The molecule has 0 aliphatic carbocycles. The Morgan fingerprint density at radius 1 is 1.09 bits per heavy atom. The minimum Gasteiger partial charge on any atom is -0.266 e. The monoisotopic (exact) mass is 301 g/mol. The Kier molecular flexibility index (Phi) is 9.01. The van der Waals surface area contributed by atoms with Crippen LogP contribution in [0.15, 0.2) is 41.0 Å². The Labute approximate surface area is 138 Å². The van der Waals surface area contributed by atoms with E-state index in [9.17, 15) is 0 Å². The van der Waals surface area contributed by atoms with Gasteiger partial charge in [0.2, 0.25) is 0 Å². The molecule has 0 fully saturated rings. The zero-order valence-corrected chi connectivity index (χ0v) is 14.6. The minimum atomic E-state index is 0. The van der Waals surface area contributed by atoms with E-state index in [0.717, 1.165) is 18.8 Å². The molecular formula is C21H35N. The first-order valence-corrected chi connectivity index (χ1v) is 8.03. The fourth-order valence-electron chi connectivity index (χ4n) is 2.27. The van der Waals surface area contributed by atoms with Crippen molar-refractivity contribution in [3.8, 4) is 0 Å². The van der Waals surface area contributed by atoms with Gasteiger partial charge in [-0.15, -0.1) is 0 Å². The van der Waals surface area contributed by atoms with Gasteiger partial charge in [0.1, 0.15) is 0 Å². The standard InChI is InChI=1S/C11H16.C9H15N.CH4/c1-9(2)8-11-6-4-10(3)5-7-11;1-9(2,3)7-8-5-4-6-10-8;/h4-7,9H,8H2,1-3H3;5-6H,4,7H2,1-3H3;1H4. The molecule has 0 aromatic heterocycles. The fourth-order valence-corrected chi connectivity index (χ4v) is 2.27. The molecule has 1 aromatic rings. The molecule has 124 valence electrons. The lowest BCUT2D eigenvalue weighted by molar-refractivity contribution is 0.408. The highest BCUT2D eigenvalue weighted by Gasteiger charge is 2.13. The Morgan fingerprint density at radius 2 is 1.68 bits per heavy atom. The Hall–Kier alpha value is -1.37. The largest absolute Gasteiger partial charge is 0.266 e. The molecule has 1 heterocycles. The topological polar surface area (TPSA) is 12.4 Å². The van der Waals surface area contributed by atoms with E-state index in [2.05, 4.69) is 76.9 Å². The summed E-state index contributed by atoms with van der Waals surface area (Å²) in [5.41, 5.74) is 4.43. The number of allylic oxidation sites excluding steroid dienone is 2. The molecule has 1 aliphatic heterocycles. The van der Waals surface area contributed by atoms with Crippen LogP contribution in [-0.4, -0.2) is 6.21 Å². The van der Waals surface area contributed by atoms with Crippen LogP contribution in [0, 0.1) is 18.3 Å². The maximum Gasteiger partial charge on any atom is 0.0368 e. The molecule has 1 nitrogen and oxygen atoms in total. The second kappa shape index (κ2) is 9.61. The van der Waals surface area contributed by atoms with Gasteiger partial charge >= 0.3 is 0 Å². The van der Waals surface area contributed by atoms with Crippen molar-refractivity contribution in [2.45, 2.75) is 68.2 Å². The van der Waals surface area contributed by atoms with Crippen molar-refractivity contribution in [2.24, 2.45) is 16.3 Å². The second-order valence-corrected chi connectivity index (χ2v) is 7.56. The molecule has 1 aliphatic rings. The van der Waals surface area contributed by atoms with E-state index in [0.29, 0.717) is 5.41 Å². The summed E-state index contributed by atoms with van der Waals surface area (Å²) in [5.74, 6) is 0.762. The van der Waals surface area contributed by atoms with Crippen LogP contribution in [-0.2, 0) is 6.42 Å². The zero-order valence-electron chi connectivity index (χ0n) is 14.6. The average molecular weight is 302 g/mol. The molecule has 0 atom stereocenters. The van der Waals surface area contributed by atoms with Gasteiger partial charge in [0.15, 0.2) is 0 Å². The van der Waals surface area contributed by atoms with Gasteiger partial charge in [-0.3, -0.25) is 4.99 Å². The summed E-state index contributed by atoms with van der Waals surface area (Å²) in [6.45, 7) is 13.3. The van der Waals surface area contributed by atoms with Crippen LogP contribution in [0.5, 0.6) is 0 Å². The SMILES string of the molecule is C.CC(C)(C)CC1=CCC=N1.Cc1ccc(CC(C)C)cc1. The molecule has 0 saturated heterocycles. The smallest absolute Gasteiger partial charge is 0.0368 e. The minimum absolute atomic E-state index is 0. The number of aliphatic imine (C=N–C) groups is 1. The van der Waals surface area contributed by atoms with Gasteiger partial charge in [-0.05, 0) is 36.7 Å². The van der Waals surface area contributed by atoms with Gasteiger partial charge in [-0.1, -0.05) is 78.0 Å². The summed E-state index contributed by atoms with van der Waals surface area (Å²) in [4.78, 5) is 4.26. The van der Waals surface area contributed by atoms with Crippen molar-refractivity contribution >= 4 is 6.21 Å². The fraction of sp³-hybridized carbons (Fsp3) is 0.571. The maximum atomic E-state index is 4.26. The quantitative estimate of drug-likeness (QED) is 0.595. The molecule has 22 heavy (non-hydrogen) atoms. The summed E-state index contributed by atoms with van der Waals surface area (Å²) in [6.07, 6.45) is 7.50. The van der Waals surface area contributed by atoms with Crippen molar-refractivity contribution < 1.29 is 0 Å². The van der Waals surface area contributed by atoms with Crippen LogP contribution in [0.25, 0.3) is 0 Å². The molecule has 0 amide bonds. The second-order valence-electron chi connectivity index (χ2n) is 7.56. The lowest BCUT2D eigenvalue weighted by Crippen LogP contribution is -2.04. The third kappa shape index (κ3) is 9.55. The van der Waals surface area contributed by atoms with Gasteiger partial charge in [-0.25, -0.2) is 0 Å².